The first-order chi connectivity index (χ1) is 13.2. The summed E-state index contributed by atoms with van der Waals surface area (Å²) in [7, 11) is 3.96. The zero-order valence-corrected chi connectivity index (χ0v) is 17.0. The average Bonchev–Trinajstić information content (AvgIpc) is 3.03. The van der Waals surface area contributed by atoms with Crippen molar-refractivity contribution >= 4 is 0 Å². The van der Waals surface area contributed by atoms with Crippen LogP contribution in [0.1, 0.15) is 37.8 Å². The molecule has 2 aliphatic heterocycles. The number of fused-ring (bicyclic) bond motifs is 1. The first-order valence-electron chi connectivity index (χ1n) is 10.4. The van der Waals surface area contributed by atoms with Crippen molar-refractivity contribution in [2.45, 2.75) is 61.9 Å². The second kappa shape index (κ2) is 4.77. The van der Waals surface area contributed by atoms with Gasteiger partial charge in [0.2, 0.25) is 0 Å². The second-order valence-electron chi connectivity index (χ2n) is 10.2. The van der Waals surface area contributed by atoms with E-state index in [1.54, 1.807) is 13.2 Å². The highest BCUT2D eigenvalue weighted by Crippen LogP contribution is 2.75. The molecule has 150 valence electrons. The van der Waals surface area contributed by atoms with E-state index in [0.29, 0.717) is 11.8 Å². The van der Waals surface area contributed by atoms with Gasteiger partial charge in [-0.2, -0.15) is 0 Å². The Morgan fingerprint density at radius 3 is 2.79 bits per heavy atom. The monoisotopic (exact) mass is 383 g/mol. The smallest absolute Gasteiger partial charge is 0.165 e. The lowest BCUT2D eigenvalue weighted by Crippen LogP contribution is -2.80. The Kier molecular flexibility index (Phi) is 2.95. The van der Waals surface area contributed by atoms with Crippen molar-refractivity contribution in [3.05, 3.63) is 35.4 Å². The minimum Gasteiger partial charge on any atom is -0.504 e. The maximum atomic E-state index is 11.2. The van der Waals surface area contributed by atoms with Gasteiger partial charge in [0.1, 0.15) is 11.7 Å². The fraction of sp³-hybridized carbons (Fsp3) is 0.652. The fourth-order valence-corrected chi connectivity index (χ4v) is 7.86. The number of aromatic hydroxyl groups is 1. The van der Waals surface area contributed by atoms with Crippen LogP contribution in [0.5, 0.6) is 11.5 Å². The first-order valence-corrected chi connectivity index (χ1v) is 10.4. The number of hydrogen-bond donors (Lipinski definition) is 2. The van der Waals surface area contributed by atoms with Crippen molar-refractivity contribution in [3.8, 4) is 11.5 Å². The molecule has 6 aliphatic rings. The van der Waals surface area contributed by atoms with Crippen LogP contribution in [0, 0.1) is 11.3 Å². The van der Waals surface area contributed by atoms with Gasteiger partial charge in [0.25, 0.3) is 0 Å². The van der Waals surface area contributed by atoms with Crippen LogP contribution < -0.4 is 4.74 Å². The Bertz CT molecular complexity index is 920. The first kappa shape index (κ1) is 17.3. The van der Waals surface area contributed by atoms with Crippen LogP contribution in [0.3, 0.4) is 0 Å². The predicted molar refractivity (Wildman–Crippen MR) is 105 cm³/mol. The number of likely N-dealkylation sites (tertiary alicyclic amines) is 1. The van der Waals surface area contributed by atoms with E-state index in [-0.39, 0.29) is 28.6 Å². The lowest BCUT2D eigenvalue weighted by atomic mass is 9.36. The Morgan fingerprint density at radius 1 is 1.29 bits per heavy atom. The molecule has 6 atom stereocenters. The summed E-state index contributed by atoms with van der Waals surface area (Å²) in [5.74, 6) is 0.789. The molecule has 2 heterocycles. The lowest BCUT2D eigenvalue weighted by Gasteiger charge is -2.72. The number of phenolic OH excluding ortho intramolecular Hbond substituents is 1. The molecule has 0 radical (unpaired) electrons. The molecular formula is C23H29NO4. The molecule has 0 amide bonds. The molecule has 7 rings (SSSR count). The average molecular weight is 383 g/mol. The summed E-state index contributed by atoms with van der Waals surface area (Å²) in [4.78, 5) is 2.49. The number of rotatable bonds is 2. The molecule has 5 nitrogen and oxygen atoms in total. The van der Waals surface area contributed by atoms with Gasteiger partial charge in [-0.3, -0.25) is 0 Å². The number of piperidine rings is 1. The molecule has 2 N–H and O–H groups in total. The predicted octanol–water partition coefficient (Wildman–Crippen LogP) is 2.38. The lowest BCUT2D eigenvalue weighted by molar-refractivity contribution is -0.243. The van der Waals surface area contributed by atoms with Crippen LogP contribution in [0.4, 0.5) is 0 Å². The molecule has 28 heavy (non-hydrogen) atoms. The second-order valence-corrected chi connectivity index (χ2v) is 10.2. The van der Waals surface area contributed by atoms with E-state index in [1.165, 1.54) is 11.1 Å². The van der Waals surface area contributed by atoms with E-state index in [4.69, 9.17) is 9.47 Å². The fourth-order valence-electron chi connectivity index (χ4n) is 7.86. The largest absolute Gasteiger partial charge is 0.504 e. The van der Waals surface area contributed by atoms with E-state index in [2.05, 4.69) is 30.2 Å². The highest BCUT2D eigenvalue weighted by molar-refractivity contribution is 5.65. The number of benzene rings is 1. The van der Waals surface area contributed by atoms with Crippen LogP contribution in [-0.4, -0.2) is 59.2 Å². The normalized spacial score (nSPS) is 45.1. The summed E-state index contributed by atoms with van der Waals surface area (Å²) in [6, 6.07) is 4.21. The maximum absolute atomic E-state index is 11.2. The number of aliphatic hydroxyl groups is 1. The summed E-state index contributed by atoms with van der Waals surface area (Å²) in [5.41, 5.74) is 0.565. The number of hydrogen-bond acceptors (Lipinski definition) is 5. The molecular weight excluding hydrogens is 354 g/mol. The Labute approximate surface area is 165 Å². The standard InChI is InChI=1S/C23H29NO4/c1-20(2,26)15-12-21-7-8-23(15,27-4)19-22(21)9-10-24(3)16(21)11-13-5-6-14(25)18(28-19)17(13)22/h5-8,15-16,19,25-26H,9-12H2,1-4H3/t15-,16-,19+,21+,22+,23-/m1/s1. The third-order valence-electron chi connectivity index (χ3n) is 8.93. The van der Waals surface area contributed by atoms with Gasteiger partial charge in [0.15, 0.2) is 11.5 Å². The van der Waals surface area contributed by atoms with Crippen molar-refractivity contribution in [2.75, 3.05) is 20.7 Å². The molecule has 5 heteroatoms. The van der Waals surface area contributed by atoms with Gasteiger partial charge in [-0.05, 0) is 58.3 Å². The van der Waals surface area contributed by atoms with Crippen LogP contribution in [0.2, 0.25) is 0 Å². The van der Waals surface area contributed by atoms with Gasteiger partial charge in [0.05, 0.1) is 11.0 Å². The number of methoxy groups -OCH3 is 1. The summed E-state index contributed by atoms with van der Waals surface area (Å²) < 4.78 is 12.9. The highest BCUT2D eigenvalue weighted by atomic mass is 16.6. The Balaban J connectivity index is 1.71. The van der Waals surface area contributed by atoms with Gasteiger partial charge >= 0.3 is 0 Å². The molecule has 4 aliphatic carbocycles. The van der Waals surface area contributed by atoms with Crippen LogP contribution in [0.15, 0.2) is 24.3 Å². The van der Waals surface area contributed by atoms with E-state index >= 15 is 0 Å². The molecule has 1 aromatic rings. The Morgan fingerprint density at radius 2 is 2.07 bits per heavy atom. The number of ether oxygens (including phenoxy) is 2. The molecule has 2 fully saturated rings. The van der Waals surface area contributed by atoms with Crippen LogP contribution in [0.25, 0.3) is 0 Å². The minimum atomic E-state index is -0.900. The summed E-state index contributed by atoms with van der Waals surface area (Å²) in [6.07, 6.45) is 7.12. The third-order valence-corrected chi connectivity index (χ3v) is 8.93. The molecule has 1 saturated carbocycles. The summed E-state index contributed by atoms with van der Waals surface area (Å²) in [6.45, 7) is 4.79. The maximum Gasteiger partial charge on any atom is 0.165 e. The number of nitrogens with zero attached hydrogens (tertiary/aromatic N) is 1. The number of phenols is 1. The van der Waals surface area contributed by atoms with Gasteiger partial charge in [-0.25, -0.2) is 0 Å². The molecule has 1 aromatic carbocycles. The van der Waals surface area contributed by atoms with Crippen molar-refractivity contribution in [1.82, 2.24) is 4.90 Å². The van der Waals surface area contributed by atoms with Gasteiger partial charge in [-0.15, -0.1) is 0 Å². The van der Waals surface area contributed by atoms with Crippen LogP contribution >= 0.6 is 0 Å². The van der Waals surface area contributed by atoms with Gasteiger partial charge < -0.3 is 24.6 Å². The van der Waals surface area contributed by atoms with Crippen molar-refractivity contribution in [3.63, 3.8) is 0 Å². The van der Waals surface area contributed by atoms with Crippen molar-refractivity contribution < 1.29 is 19.7 Å². The van der Waals surface area contributed by atoms with Crippen LogP contribution in [-0.2, 0) is 16.6 Å². The summed E-state index contributed by atoms with van der Waals surface area (Å²) in [5, 5.41) is 21.9. The van der Waals surface area contributed by atoms with E-state index in [0.717, 1.165) is 25.8 Å². The van der Waals surface area contributed by atoms with Gasteiger partial charge in [0, 0.05) is 30.0 Å². The van der Waals surface area contributed by atoms with E-state index in [1.807, 2.05) is 13.8 Å². The molecule has 2 spiro atoms. The number of likely N-dealkylation sites (N-methyl/N-ethyl adjacent to an activating group) is 1. The topological polar surface area (TPSA) is 62.2 Å². The minimum absolute atomic E-state index is 0.0832. The zero-order chi connectivity index (χ0) is 19.7. The van der Waals surface area contributed by atoms with E-state index < -0.39 is 11.2 Å². The molecule has 1 saturated heterocycles. The summed E-state index contributed by atoms with van der Waals surface area (Å²) >= 11 is 0. The van der Waals surface area contributed by atoms with Crippen molar-refractivity contribution in [1.29, 1.82) is 0 Å². The van der Waals surface area contributed by atoms with Crippen molar-refractivity contribution in [2.24, 2.45) is 11.3 Å². The molecule has 4 bridgehead atoms. The van der Waals surface area contributed by atoms with Gasteiger partial charge in [-0.1, -0.05) is 18.2 Å². The SMILES string of the molecule is CO[C@]12C=C[C@]3(C[C@@H]1C(C)(C)O)[C@H]1Cc4ccc(O)c5c4[C@@]3(CCN1C)[C@@H]2O5. The van der Waals surface area contributed by atoms with E-state index in [9.17, 15) is 10.2 Å². The zero-order valence-electron chi connectivity index (χ0n) is 17.0. The Hall–Kier alpha value is -1.56. The highest BCUT2D eigenvalue weighted by Gasteiger charge is 2.80. The third kappa shape index (κ3) is 1.54. The quantitative estimate of drug-likeness (QED) is 0.768. The molecule has 0 aromatic heterocycles. The molecule has 0 unspecified atom stereocenters.